The summed E-state index contributed by atoms with van der Waals surface area (Å²) in [6.07, 6.45) is 4.02. The van der Waals surface area contributed by atoms with E-state index in [1.807, 2.05) is 72.8 Å². The third kappa shape index (κ3) is 5.29. The molecular weight excluding hydrogens is 552 g/mol. The molecule has 220 valence electrons. The minimum Gasteiger partial charge on any atom is -0.372 e. The first-order valence-electron chi connectivity index (χ1n) is 14.7. The maximum Gasteiger partial charge on any atom is 0.339 e. The van der Waals surface area contributed by atoms with Gasteiger partial charge in [-0.15, -0.1) is 0 Å². The van der Waals surface area contributed by atoms with Crippen LogP contribution in [0.3, 0.4) is 0 Å². The largest absolute Gasteiger partial charge is 0.372 e. The van der Waals surface area contributed by atoms with Crippen LogP contribution in [-0.2, 0) is 7.05 Å². The van der Waals surface area contributed by atoms with Crippen molar-refractivity contribution in [3.63, 3.8) is 0 Å². The Bertz CT molecular complexity index is 1980. The number of nitrogens with one attached hydrogen (secondary N) is 3. The molecule has 1 saturated heterocycles. The highest BCUT2D eigenvalue weighted by atomic mass is 16.1. The Labute approximate surface area is 254 Å². The van der Waals surface area contributed by atoms with Gasteiger partial charge in [0.15, 0.2) is 5.65 Å². The van der Waals surface area contributed by atoms with E-state index in [2.05, 4.69) is 55.1 Å². The lowest BCUT2D eigenvalue weighted by atomic mass is 9.99. The summed E-state index contributed by atoms with van der Waals surface area (Å²) in [4.78, 5) is 27.6. The number of aromatic amines is 1. The van der Waals surface area contributed by atoms with Crippen molar-refractivity contribution < 1.29 is 4.80 Å². The summed E-state index contributed by atoms with van der Waals surface area (Å²) in [5.74, 6) is 0.903. The predicted octanol–water partition coefficient (Wildman–Crippen LogP) is 3.99. The van der Waals surface area contributed by atoms with E-state index in [1.165, 1.54) is 10.5 Å². The maximum absolute atomic E-state index is 14.3. The smallest absolute Gasteiger partial charge is 0.339 e. The number of hydrogen-bond donors (Lipinski definition) is 3. The van der Waals surface area contributed by atoms with Crippen LogP contribution in [0.25, 0.3) is 39.2 Å². The number of hydrogen-bond acceptors (Lipinski definition) is 8. The second-order valence-electron chi connectivity index (χ2n) is 11.0. The van der Waals surface area contributed by atoms with Gasteiger partial charge in [0.25, 0.3) is 5.56 Å². The minimum atomic E-state index is -0.203. The van der Waals surface area contributed by atoms with Crippen molar-refractivity contribution in [3.8, 4) is 28.2 Å². The number of benzene rings is 3. The Morgan fingerprint density at radius 2 is 1.66 bits per heavy atom. The highest BCUT2D eigenvalue weighted by Gasteiger charge is 2.22. The molecule has 0 aliphatic carbocycles. The second-order valence-corrected chi connectivity index (χ2v) is 11.0. The number of nitrogens with zero attached hydrogens (tertiary/aromatic N) is 7. The zero-order valence-corrected chi connectivity index (χ0v) is 24.6. The van der Waals surface area contributed by atoms with Gasteiger partial charge in [-0.05, 0) is 84.8 Å². The van der Waals surface area contributed by atoms with E-state index in [1.54, 1.807) is 17.8 Å². The molecule has 0 saturated carbocycles. The van der Waals surface area contributed by atoms with Gasteiger partial charge in [0.2, 0.25) is 5.95 Å². The summed E-state index contributed by atoms with van der Waals surface area (Å²) in [7, 11) is 3.93. The fourth-order valence-corrected chi connectivity index (χ4v) is 5.81. The number of H-pyrrole nitrogens is 1. The molecule has 1 aliphatic heterocycles. The van der Waals surface area contributed by atoms with E-state index in [4.69, 9.17) is 4.98 Å². The third-order valence-corrected chi connectivity index (χ3v) is 8.15. The number of tetrazole rings is 1. The van der Waals surface area contributed by atoms with Crippen LogP contribution in [0.4, 0.5) is 17.3 Å². The monoisotopic (exact) mass is 585 g/mol. The first-order chi connectivity index (χ1) is 21.5. The number of fused-ring (bicyclic) bond motifs is 1. The molecule has 0 bridgehead atoms. The van der Waals surface area contributed by atoms with Gasteiger partial charge in [0.1, 0.15) is 7.05 Å². The second kappa shape index (κ2) is 11.7. The zero-order chi connectivity index (χ0) is 30.0. The highest BCUT2D eigenvalue weighted by molar-refractivity contribution is 5.87. The summed E-state index contributed by atoms with van der Waals surface area (Å²) in [5, 5.41) is 19.1. The first-order valence-corrected chi connectivity index (χ1v) is 14.7. The average Bonchev–Trinajstić information content (AvgIpc) is 3.51. The molecule has 3 aromatic carbocycles. The summed E-state index contributed by atoms with van der Waals surface area (Å²) >= 11 is 0. The van der Waals surface area contributed by atoms with Crippen LogP contribution in [-0.4, -0.2) is 56.1 Å². The molecule has 0 spiro atoms. The number of aromatic nitrogens is 7. The normalized spacial score (nSPS) is 13.7. The van der Waals surface area contributed by atoms with E-state index in [0.717, 1.165) is 48.1 Å². The Morgan fingerprint density at radius 3 is 2.39 bits per heavy atom. The van der Waals surface area contributed by atoms with Crippen LogP contribution < -0.4 is 25.9 Å². The number of aryl methyl sites for hydroxylation is 1. The summed E-state index contributed by atoms with van der Waals surface area (Å²) in [5.41, 5.74) is 5.02. The zero-order valence-electron chi connectivity index (χ0n) is 24.6. The number of para-hydroxylation sites is 1. The van der Waals surface area contributed by atoms with Gasteiger partial charge in [-0.1, -0.05) is 41.2 Å². The van der Waals surface area contributed by atoms with Crippen molar-refractivity contribution in [2.45, 2.75) is 18.9 Å². The van der Waals surface area contributed by atoms with Crippen molar-refractivity contribution in [1.29, 1.82) is 0 Å². The van der Waals surface area contributed by atoms with E-state index >= 15 is 0 Å². The number of rotatable bonds is 7. The molecule has 3 aromatic heterocycles. The number of anilines is 3. The van der Waals surface area contributed by atoms with Gasteiger partial charge < -0.3 is 15.5 Å². The van der Waals surface area contributed by atoms with Crippen LogP contribution in [0.15, 0.2) is 95.9 Å². The van der Waals surface area contributed by atoms with Crippen LogP contribution in [0.1, 0.15) is 12.8 Å². The molecule has 4 heterocycles. The summed E-state index contributed by atoms with van der Waals surface area (Å²) < 4.78 is 1.64. The first kappa shape index (κ1) is 27.4. The van der Waals surface area contributed by atoms with Gasteiger partial charge >= 0.3 is 5.82 Å². The van der Waals surface area contributed by atoms with Crippen LogP contribution in [0.2, 0.25) is 0 Å². The third-order valence-electron chi connectivity index (χ3n) is 8.15. The van der Waals surface area contributed by atoms with Crippen LogP contribution in [0.5, 0.6) is 0 Å². The highest BCUT2D eigenvalue weighted by Crippen LogP contribution is 2.30. The molecule has 44 heavy (non-hydrogen) atoms. The minimum absolute atomic E-state index is 0.203. The van der Waals surface area contributed by atoms with Crippen LogP contribution >= 0.6 is 0 Å². The summed E-state index contributed by atoms with van der Waals surface area (Å²) in [6.45, 7) is 2.10. The fourth-order valence-electron chi connectivity index (χ4n) is 5.81. The molecule has 3 N–H and O–H groups in total. The van der Waals surface area contributed by atoms with E-state index < -0.39 is 0 Å². The molecule has 0 amide bonds. The van der Waals surface area contributed by atoms with Crippen LogP contribution in [0, 0.1) is 0 Å². The van der Waals surface area contributed by atoms with E-state index in [0.29, 0.717) is 34.7 Å². The quantitative estimate of drug-likeness (QED) is 0.241. The molecule has 0 atom stereocenters. The molecule has 1 aliphatic rings. The van der Waals surface area contributed by atoms with Gasteiger partial charge in [-0.25, -0.2) is 4.98 Å². The summed E-state index contributed by atoms with van der Waals surface area (Å²) in [6, 6.07) is 27.8. The lowest BCUT2D eigenvalue weighted by molar-refractivity contribution is -0.783. The number of piperidine rings is 1. The Balaban J connectivity index is 1.28. The van der Waals surface area contributed by atoms with Crippen molar-refractivity contribution in [1.82, 2.24) is 35.3 Å². The SMILES string of the molecule is CN(c1ccc(Nc2ncc3cc(-c4ccccc4-c4n[nH][n+](C)n4)c(=O)n(-c4ccccc4)c3n2)cc1)C1CCNCC1. The Hall–Kier alpha value is -5.42. The molecule has 11 nitrogen and oxygen atoms in total. The van der Waals surface area contributed by atoms with Crippen molar-refractivity contribution in [2.24, 2.45) is 7.05 Å². The predicted molar refractivity (Wildman–Crippen MR) is 171 cm³/mol. The van der Waals surface area contributed by atoms with Gasteiger partial charge in [-0.3, -0.25) is 9.36 Å². The van der Waals surface area contributed by atoms with E-state index in [9.17, 15) is 4.79 Å². The average molecular weight is 586 g/mol. The maximum atomic E-state index is 14.3. The Morgan fingerprint density at radius 1 is 0.932 bits per heavy atom. The van der Waals surface area contributed by atoms with Gasteiger partial charge in [-0.2, -0.15) is 4.98 Å². The molecule has 7 rings (SSSR count). The lowest BCUT2D eigenvalue weighted by Gasteiger charge is -2.33. The molecule has 1 fully saturated rings. The lowest BCUT2D eigenvalue weighted by Crippen LogP contribution is -2.41. The van der Waals surface area contributed by atoms with Gasteiger partial charge in [0, 0.05) is 47.2 Å². The molecule has 0 unspecified atom stereocenters. The van der Waals surface area contributed by atoms with Crippen molar-refractivity contribution in [2.75, 3.05) is 30.4 Å². The standard InChI is InChI=1S/C33H32N10O/c1-41(25-16-18-34-19-17-25)24-14-12-23(13-15-24)36-33-35-21-22-20-29(27-10-6-7-11-28(27)30-38-40-42(2)39-30)32(44)43(31(22)37-33)26-8-4-3-5-9-26/h3-15,20-21,25,34H,16-19H2,1-2H3,(H,35,36,37,39,44)/p+1. The fraction of sp³-hybridized carbons (Fsp3) is 0.212. The van der Waals surface area contributed by atoms with Gasteiger partial charge in [0.05, 0.1) is 16.3 Å². The topological polar surface area (TPSA) is 121 Å². The molecular formula is C33H33N10O+. The molecule has 0 radical (unpaired) electrons. The Kier molecular flexibility index (Phi) is 7.29. The number of pyridine rings is 1. The molecule has 11 heteroatoms. The molecule has 6 aromatic rings. The van der Waals surface area contributed by atoms with Crippen molar-refractivity contribution in [3.05, 3.63) is 101 Å². The van der Waals surface area contributed by atoms with Crippen molar-refractivity contribution >= 4 is 28.4 Å². The van der Waals surface area contributed by atoms with E-state index in [-0.39, 0.29) is 5.56 Å².